The highest BCUT2D eigenvalue weighted by atomic mass is 16.5. The molecule has 0 saturated carbocycles. The van der Waals surface area contributed by atoms with E-state index in [0.717, 1.165) is 38.5 Å². The minimum absolute atomic E-state index is 0.0536. The fraction of sp³-hybridized carbons (Fsp3) is 0.783. The Hall–Kier alpha value is -1.89. The highest BCUT2D eigenvalue weighted by Crippen LogP contribution is 2.18. The van der Waals surface area contributed by atoms with E-state index in [2.05, 4.69) is 24.5 Å². The number of nitrogens with one attached hydrogen (secondary N) is 2. The second kappa shape index (κ2) is 15.0. The van der Waals surface area contributed by atoms with Crippen molar-refractivity contribution < 1.29 is 24.2 Å². The van der Waals surface area contributed by atoms with Gasteiger partial charge in [-0.2, -0.15) is 0 Å². The smallest absolute Gasteiger partial charge is 0.305 e. The van der Waals surface area contributed by atoms with Crippen molar-refractivity contribution in [2.24, 2.45) is 11.8 Å². The first kappa shape index (κ1) is 26.1. The predicted molar refractivity (Wildman–Crippen MR) is 117 cm³/mol. The summed E-state index contributed by atoms with van der Waals surface area (Å²) in [6.45, 7) is 5.96. The molecular formula is C23H40N2O5. The Labute approximate surface area is 181 Å². The number of rotatable bonds is 8. The molecule has 0 aromatic heterocycles. The lowest BCUT2D eigenvalue weighted by Crippen LogP contribution is -2.44. The molecule has 7 heteroatoms. The molecule has 172 valence electrons. The van der Waals surface area contributed by atoms with Gasteiger partial charge in [0.05, 0.1) is 18.6 Å². The standard InChI is InChI=1S/C23H40N2O5/c1-4-18(5-2)13-20-16-30-22(28)12-10-8-6-7-9-11-19(23(29)25-20)14-21(27)24-17(3)15-26/h7,9,17-20,26H,4-6,8,10-16H2,1-3H3,(H,24,27)(H,25,29)/t17-,19-,20+/m1/s1. The second-order valence-corrected chi connectivity index (χ2v) is 8.31. The summed E-state index contributed by atoms with van der Waals surface area (Å²) in [5.41, 5.74) is 0. The molecule has 0 aromatic carbocycles. The van der Waals surface area contributed by atoms with Gasteiger partial charge in [0.25, 0.3) is 0 Å². The summed E-state index contributed by atoms with van der Waals surface area (Å²) in [6, 6.07) is -0.614. The molecule has 7 nitrogen and oxygen atoms in total. The Bertz CT molecular complexity index is 560. The topological polar surface area (TPSA) is 105 Å². The Morgan fingerprint density at radius 1 is 1.27 bits per heavy atom. The molecule has 0 unspecified atom stereocenters. The van der Waals surface area contributed by atoms with Crippen LogP contribution in [-0.2, 0) is 19.1 Å². The molecule has 0 bridgehead atoms. The lowest BCUT2D eigenvalue weighted by Gasteiger charge is -2.25. The molecule has 3 atom stereocenters. The van der Waals surface area contributed by atoms with Crippen LogP contribution in [0.3, 0.4) is 0 Å². The van der Waals surface area contributed by atoms with E-state index in [9.17, 15) is 14.4 Å². The minimum Gasteiger partial charge on any atom is -0.463 e. The van der Waals surface area contributed by atoms with Gasteiger partial charge >= 0.3 is 5.97 Å². The van der Waals surface area contributed by atoms with E-state index in [1.807, 2.05) is 12.2 Å². The number of cyclic esters (lactones) is 1. The Kier molecular flexibility index (Phi) is 13.1. The van der Waals surface area contributed by atoms with Crippen LogP contribution in [0, 0.1) is 11.8 Å². The van der Waals surface area contributed by atoms with Crippen LogP contribution in [0.1, 0.15) is 78.6 Å². The van der Waals surface area contributed by atoms with E-state index in [0.29, 0.717) is 18.8 Å². The zero-order valence-corrected chi connectivity index (χ0v) is 18.8. The molecule has 1 aliphatic rings. The fourth-order valence-electron chi connectivity index (χ4n) is 3.57. The minimum atomic E-state index is -0.505. The molecule has 0 fully saturated rings. The SMILES string of the molecule is CCC(CC)C[C@H]1COC(=O)CCCCC=CC[C@H](CC(=O)N[C@H](C)CO)C(=O)N1. The van der Waals surface area contributed by atoms with E-state index < -0.39 is 5.92 Å². The molecule has 0 spiro atoms. The fourth-order valence-corrected chi connectivity index (χ4v) is 3.57. The van der Waals surface area contributed by atoms with Crippen molar-refractivity contribution in [3.05, 3.63) is 12.2 Å². The number of ether oxygens (including phenoxy) is 1. The van der Waals surface area contributed by atoms with Gasteiger partial charge < -0.3 is 20.5 Å². The first-order chi connectivity index (χ1) is 14.4. The highest BCUT2D eigenvalue weighted by molar-refractivity contribution is 5.86. The van der Waals surface area contributed by atoms with E-state index in [4.69, 9.17) is 9.84 Å². The van der Waals surface area contributed by atoms with Gasteiger partial charge in [0, 0.05) is 18.9 Å². The van der Waals surface area contributed by atoms with Crippen LogP contribution < -0.4 is 10.6 Å². The summed E-state index contributed by atoms with van der Waals surface area (Å²) in [7, 11) is 0. The summed E-state index contributed by atoms with van der Waals surface area (Å²) in [5, 5.41) is 14.9. The van der Waals surface area contributed by atoms with Gasteiger partial charge in [0.2, 0.25) is 11.8 Å². The lowest BCUT2D eigenvalue weighted by molar-refractivity contribution is -0.145. The van der Waals surface area contributed by atoms with Gasteiger partial charge in [-0.05, 0) is 44.9 Å². The van der Waals surface area contributed by atoms with Gasteiger partial charge in [-0.25, -0.2) is 0 Å². The molecule has 1 aliphatic heterocycles. The second-order valence-electron chi connectivity index (χ2n) is 8.31. The van der Waals surface area contributed by atoms with Crippen LogP contribution in [0.4, 0.5) is 0 Å². The number of aliphatic hydroxyl groups is 1. The van der Waals surface area contributed by atoms with Crippen molar-refractivity contribution in [1.29, 1.82) is 0 Å². The van der Waals surface area contributed by atoms with E-state index in [-0.39, 0.29) is 49.5 Å². The van der Waals surface area contributed by atoms with Crippen molar-refractivity contribution >= 4 is 17.8 Å². The van der Waals surface area contributed by atoms with Crippen LogP contribution in [0.25, 0.3) is 0 Å². The third kappa shape index (κ3) is 10.8. The largest absolute Gasteiger partial charge is 0.463 e. The molecular weight excluding hydrogens is 384 g/mol. The zero-order chi connectivity index (χ0) is 22.4. The van der Waals surface area contributed by atoms with Crippen LogP contribution in [0.5, 0.6) is 0 Å². The van der Waals surface area contributed by atoms with Gasteiger partial charge in [0.15, 0.2) is 0 Å². The molecule has 3 N–H and O–H groups in total. The van der Waals surface area contributed by atoms with E-state index >= 15 is 0 Å². The van der Waals surface area contributed by atoms with Gasteiger partial charge in [-0.3, -0.25) is 14.4 Å². The molecule has 30 heavy (non-hydrogen) atoms. The summed E-state index contributed by atoms with van der Waals surface area (Å²) >= 11 is 0. The summed E-state index contributed by atoms with van der Waals surface area (Å²) in [4.78, 5) is 37.3. The van der Waals surface area contributed by atoms with Crippen molar-refractivity contribution in [2.45, 2.75) is 90.6 Å². The van der Waals surface area contributed by atoms with E-state index in [1.165, 1.54) is 0 Å². The number of carbonyl (C=O) groups is 3. The van der Waals surface area contributed by atoms with Crippen molar-refractivity contribution in [2.75, 3.05) is 13.2 Å². The third-order valence-corrected chi connectivity index (χ3v) is 5.64. The number of allylic oxidation sites excluding steroid dienone is 2. The van der Waals surface area contributed by atoms with Crippen LogP contribution in [0.2, 0.25) is 0 Å². The summed E-state index contributed by atoms with van der Waals surface area (Å²) < 4.78 is 5.44. The Morgan fingerprint density at radius 3 is 2.67 bits per heavy atom. The molecule has 1 rings (SSSR count). The maximum absolute atomic E-state index is 13.0. The maximum Gasteiger partial charge on any atom is 0.305 e. The Balaban J connectivity index is 2.91. The average molecular weight is 425 g/mol. The molecule has 1 heterocycles. The van der Waals surface area contributed by atoms with Crippen LogP contribution in [0.15, 0.2) is 12.2 Å². The number of hydrogen-bond donors (Lipinski definition) is 3. The molecule has 0 radical (unpaired) electrons. The molecule has 2 amide bonds. The molecule has 0 aliphatic carbocycles. The number of carbonyl (C=O) groups excluding carboxylic acids is 3. The van der Waals surface area contributed by atoms with Crippen LogP contribution >= 0.6 is 0 Å². The van der Waals surface area contributed by atoms with Gasteiger partial charge in [0.1, 0.15) is 6.61 Å². The normalized spacial score (nSPS) is 22.7. The third-order valence-electron chi connectivity index (χ3n) is 5.64. The highest BCUT2D eigenvalue weighted by Gasteiger charge is 2.26. The zero-order valence-electron chi connectivity index (χ0n) is 18.8. The first-order valence-electron chi connectivity index (χ1n) is 11.4. The van der Waals surface area contributed by atoms with Gasteiger partial charge in [-0.15, -0.1) is 0 Å². The monoisotopic (exact) mass is 424 g/mol. The van der Waals surface area contributed by atoms with Gasteiger partial charge in [-0.1, -0.05) is 38.8 Å². The van der Waals surface area contributed by atoms with E-state index in [1.54, 1.807) is 6.92 Å². The summed E-state index contributed by atoms with van der Waals surface area (Å²) in [6.07, 6.45) is 10.1. The average Bonchev–Trinajstić information content (AvgIpc) is 2.73. The lowest BCUT2D eigenvalue weighted by atomic mass is 9.93. The van der Waals surface area contributed by atoms with Crippen molar-refractivity contribution in [1.82, 2.24) is 10.6 Å². The molecule has 0 aromatic rings. The van der Waals surface area contributed by atoms with Crippen LogP contribution in [-0.4, -0.2) is 48.2 Å². The van der Waals surface area contributed by atoms with Crippen molar-refractivity contribution in [3.63, 3.8) is 0 Å². The van der Waals surface area contributed by atoms with Crippen molar-refractivity contribution in [3.8, 4) is 0 Å². The Morgan fingerprint density at radius 2 is 2.00 bits per heavy atom. The summed E-state index contributed by atoms with van der Waals surface area (Å²) in [5.74, 6) is -0.756. The first-order valence-corrected chi connectivity index (χ1v) is 11.4. The number of esters is 1. The predicted octanol–water partition coefficient (Wildman–Crippen LogP) is 2.86. The number of hydrogen-bond acceptors (Lipinski definition) is 5. The quantitative estimate of drug-likeness (QED) is 0.410. The molecule has 0 saturated heterocycles. The number of aliphatic hydroxyl groups excluding tert-OH is 1. The maximum atomic E-state index is 13.0. The number of amides is 2.